The van der Waals surface area contributed by atoms with Crippen LogP contribution in [0.15, 0.2) is 59.2 Å². The highest BCUT2D eigenvalue weighted by molar-refractivity contribution is 5.66. The number of methoxy groups -OCH3 is 1. The van der Waals surface area contributed by atoms with E-state index in [9.17, 15) is 9.90 Å². The Kier molecular flexibility index (Phi) is 12.2. The Labute approximate surface area is 242 Å². The number of aromatic nitrogens is 5. The summed E-state index contributed by atoms with van der Waals surface area (Å²) in [6.07, 6.45) is 7.79. The minimum atomic E-state index is -0.212. The number of nitrogens with two attached hydrogens (primary N) is 1. The molecule has 0 radical (unpaired) electrons. The van der Waals surface area contributed by atoms with E-state index in [-0.39, 0.29) is 17.4 Å². The predicted molar refractivity (Wildman–Crippen MR) is 162 cm³/mol. The first kappa shape index (κ1) is 31.7. The maximum absolute atomic E-state index is 13.5. The van der Waals surface area contributed by atoms with E-state index in [1.807, 2.05) is 58.0 Å². The average Bonchev–Trinajstić information content (AvgIpc) is 3.50. The van der Waals surface area contributed by atoms with Gasteiger partial charge in [0.2, 0.25) is 0 Å². The number of nitrogens with zero attached hydrogens (tertiary/aromatic N) is 6. The Bertz CT molecular complexity index is 1330. The van der Waals surface area contributed by atoms with E-state index in [2.05, 4.69) is 4.90 Å². The molecule has 1 aliphatic heterocycles. The molecule has 11 heteroatoms. The molecule has 4 rings (SSSR count). The number of hydrogen-bond acceptors (Lipinski definition) is 8. The lowest BCUT2D eigenvalue weighted by Gasteiger charge is -2.26. The molecule has 0 amide bonds. The number of aliphatic hydroxyl groups excluding tert-OH is 1. The lowest BCUT2D eigenvalue weighted by Crippen LogP contribution is -2.39. The molecule has 1 atom stereocenters. The van der Waals surface area contributed by atoms with E-state index in [4.69, 9.17) is 25.4 Å². The summed E-state index contributed by atoms with van der Waals surface area (Å²) in [5.41, 5.74) is 8.15. The Hall–Kier alpha value is -3.83. The lowest BCUT2D eigenvalue weighted by molar-refractivity contribution is 0.0358. The fraction of sp³-hybridized carbons (Fsp3) is 0.500. The average molecular weight is 568 g/mol. The second-order valence-electron chi connectivity index (χ2n) is 9.75. The fourth-order valence-corrected chi connectivity index (χ4v) is 4.49. The van der Waals surface area contributed by atoms with Crippen molar-refractivity contribution in [3.63, 3.8) is 0 Å². The van der Waals surface area contributed by atoms with Gasteiger partial charge < -0.3 is 20.3 Å². The zero-order valence-corrected chi connectivity index (χ0v) is 25.0. The smallest absolute Gasteiger partial charge is 0.346 e. The number of anilines is 1. The van der Waals surface area contributed by atoms with Crippen molar-refractivity contribution >= 4 is 5.69 Å². The first-order valence-electron chi connectivity index (χ1n) is 14.4. The number of hydrogen-bond donors (Lipinski definition) is 2. The molecule has 1 aliphatic rings. The molecule has 11 nitrogen and oxygen atoms in total. The molecule has 0 bridgehead atoms. The third-order valence-electron chi connectivity index (χ3n) is 6.64. The summed E-state index contributed by atoms with van der Waals surface area (Å²) in [6.45, 7) is 13.0. The van der Waals surface area contributed by atoms with Crippen molar-refractivity contribution in [1.29, 1.82) is 0 Å². The summed E-state index contributed by atoms with van der Waals surface area (Å²) in [6, 6.07) is 7.75. The second-order valence-corrected chi connectivity index (χ2v) is 9.75. The minimum absolute atomic E-state index is 0.0478. The largest absolute Gasteiger partial charge is 0.508 e. The van der Waals surface area contributed by atoms with E-state index in [1.165, 1.54) is 4.68 Å². The van der Waals surface area contributed by atoms with Gasteiger partial charge in [0.1, 0.15) is 11.5 Å². The third kappa shape index (κ3) is 8.83. The number of benzene rings is 1. The maximum Gasteiger partial charge on any atom is 0.346 e. The standard InChI is InChI=1S/C28H39N7O4.C2H6/c1-4-5-23(36)9-6-21(2)18-34-27(31-35(28(34)37)13-12-32-14-16-39-17-15-32)26-25(29)20-33(30-26)19-22-7-10-24(38-3)11-8-22;1-2/h5-11,20-21,36H,4,12-19,29H2,1-3H3;1-2H3/b9-6-,23-5+;. The number of aliphatic hydroxyl groups is 1. The summed E-state index contributed by atoms with van der Waals surface area (Å²) in [5, 5.41) is 19.4. The molecule has 0 spiro atoms. The van der Waals surface area contributed by atoms with Crippen LogP contribution in [0.1, 0.15) is 39.7 Å². The van der Waals surface area contributed by atoms with Gasteiger partial charge in [0, 0.05) is 32.4 Å². The molecule has 224 valence electrons. The topological polar surface area (TPSA) is 126 Å². The van der Waals surface area contributed by atoms with Crippen LogP contribution in [0.25, 0.3) is 11.5 Å². The summed E-state index contributed by atoms with van der Waals surface area (Å²) in [7, 11) is 1.64. The monoisotopic (exact) mass is 567 g/mol. The van der Waals surface area contributed by atoms with E-state index in [1.54, 1.807) is 34.7 Å². The molecule has 41 heavy (non-hydrogen) atoms. The number of rotatable bonds is 12. The highest BCUT2D eigenvalue weighted by Gasteiger charge is 2.22. The van der Waals surface area contributed by atoms with Crippen LogP contribution in [-0.4, -0.2) is 74.1 Å². The summed E-state index contributed by atoms with van der Waals surface area (Å²) >= 11 is 0. The van der Waals surface area contributed by atoms with Crippen molar-refractivity contribution in [1.82, 2.24) is 29.0 Å². The second kappa shape index (κ2) is 15.8. The Balaban J connectivity index is 0.00000226. The van der Waals surface area contributed by atoms with Crippen LogP contribution in [0.5, 0.6) is 5.75 Å². The van der Waals surface area contributed by atoms with Crippen LogP contribution in [0.4, 0.5) is 5.69 Å². The zero-order valence-electron chi connectivity index (χ0n) is 25.0. The molecule has 0 saturated carbocycles. The maximum atomic E-state index is 13.5. The van der Waals surface area contributed by atoms with Crippen molar-refractivity contribution < 1.29 is 14.6 Å². The van der Waals surface area contributed by atoms with Gasteiger partial charge in [-0.3, -0.25) is 14.1 Å². The van der Waals surface area contributed by atoms with Gasteiger partial charge >= 0.3 is 5.69 Å². The molecule has 3 heterocycles. The Morgan fingerprint density at radius 3 is 2.54 bits per heavy atom. The van der Waals surface area contributed by atoms with Crippen LogP contribution >= 0.6 is 0 Å². The summed E-state index contributed by atoms with van der Waals surface area (Å²) in [5.74, 6) is 1.38. The fourth-order valence-electron chi connectivity index (χ4n) is 4.49. The van der Waals surface area contributed by atoms with Gasteiger partial charge in [-0.15, -0.1) is 5.10 Å². The van der Waals surface area contributed by atoms with E-state index < -0.39 is 0 Å². The molecule has 1 aromatic carbocycles. The van der Waals surface area contributed by atoms with Gasteiger partial charge in [0.25, 0.3) is 0 Å². The van der Waals surface area contributed by atoms with Gasteiger partial charge in [0.05, 0.1) is 39.1 Å². The van der Waals surface area contributed by atoms with Gasteiger partial charge in [-0.2, -0.15) is 5.10 Å². The van der Waals surface area contributed by atoms with Crippen LogP contribution < -0.4 is 16.2 Å². The quantitative estimate of drug-likeness (QED) is 0.249. The van der Waals surface area contributed by atoms with Crippen molar-refractivity contribution in [2.24, 2.45) is 5.92 Å². The van der Waals surface area contributed by atoms with E-state index in [0.29, 0.717) is 56.6 Å². The van der Waals surface area contributed by atoms with E-state index in [0.717, 1.165) is 30.8 Å². The summed E-state index contributed by atoms with van der Waals surface area (Å²) < 4.78 is 15.6. The van der Waals surface area contributed by atoms with Gasteiger partial charge in [-0.05, 0) is 42.2 Å². The molecular weight excluding hydrogens is 522 g/mol. The Morgan fingerprint density at radius 2 is 1.88 bits per heavy atom. The molecule has 2 aromatic heterocycles. The number of ether oxygens (including phenoxy) is 2. The van der Waals surface area contributed by atoms with Crippen LogP contribution in [0, 0.1) is 5.92 Å². The van der Waals surface area contributed by atoms with Crippen LogP contribution in [0.2, 0.25) is 0 Å². The molecule has 3 N–H and O–H groups in total. The Morgan fingerprint density at radius 1 is 1.17 bits per heavy atom. The minimum Gasteiger partial charge on any atom is -0.508 e. The third-order valence-corrected chi connectivity index (χ3v) is 6.64. The van der Waals surface area contributed by atoms with Crippen molar-refractivity contribution in [2.45, 2.75) is 53.8 Å². The van der Waals surface area contributed by atoms with Gasteiger partial charge in [-0.25, -0.2) is 9.48 Å². The first-order valence-corrected chi connectivity index (χ1v) is 14.4. The van der Waals surface area contributed by atoms with Crippen molar-refractivity contribution in [3.8, 4) is 17.3 Å². The van der Waals surface area contributed by atoms with E-state index >= 15 is 0 Å². The van der Waals surface area contributed by atoms with Crippen molar-refractivity contribution in [3.05, 3.63) is 70.5 Å². The highest BCUT2D eigenvalue weighted by Crippen LogP contribution is 2.23. The van der Waals surface area contributed by atoms with Crippen LogP contribution in [-0.2, 0) is 24.4 Å². The zero-order chi connectivity index (χ0) is 29.8. The number of nitrogen functional groups attached to an aromatic ring is 1. The van der Waals surface area contributed by atoms with Gasteiger partial charge in [0.15, 0.2) is 11.5 Å². The van der Waals surface area contributed by atoms with Crippen LogP contribution in [0.3, 0.4) is 0 Å². The molecule has 1 saturated heterocycles. The number of allylic oxidation sites excluding steroid dienone is 3. The van der Waals surface area contributed by atoms with Gasteiger partial charge in [-0.1, -0.05) is 45.9 Å². The van der Waals surface area contributed by atoms with Crippen molar-refractivity contribution in [2.75, 3.05) is 45.7 Å². The molecule has 0 aliphatic carbocycles. The molecule has 1 fully saturated rings. The lowest BCUT2D eigenvalue weighted by atomic mass is 10.1. The summed E-state index contributed by atoms with van der Waals surface area (Å²) in [4.78, 5) is 15.8. The highest BCUT2D eigenvalue weighted by atomic mass is 16.5. The normalized spacial score (nSPS) is 15.1. The molecule has 3 aromatic rings. The number of morpholine rings is 1. The predicted octanol–water partition coefficient (Wildman–Crippen LogP) is 3.95. The molecule has 1 unspecified atom stereocenters. The first-order chi connectivity index (χ1) is 19.9. The molecular formula is C30H45N7O4. The SMILES string of the molecule is CC.CC/C=C(O)\C=C/C(C)Cn1c(-c2nn(Cc3ccc(OC)cc3)cc2N)nn(CCN2CCOCC2)c1=O.